The van der Waals surface area contributed by atoms with Crippen LogP contribution in [0.5, 0.6) is 0 Å². The van der Waals surface area contributed by atoms with Crippen LogP contribution in [0.1, 0.15) is 24.2 Å². The van der Waals surface area contributed by atoms with Gasteiger partial charge in [-0.25, -0.2) is 4.98 Å². The second-order valence-electron chi connectivity index (χ2n) is 10.7. The third-order valence-corrected chi connectivity index (χ3v) is 8.61. The van der Waals surface area contributed by atoms with E-state index in [1.165, 1.54) is 12.1 Å². The summed E-state index contributed by atoms with van der Waals surface area (Å²) in [6.07, 6.45) is -2.68. The molecule has 2 fully saturated rings. The molecule has 10 heteroatoms. The smallest absolute Gasteiger partial charge is 0.367 e. The Bertz CT molecular complexity index is 1530. The van der Waals surface area contributed by atoms with Gasteiger partial charge in [-0.2, -0.15) is 13.2 Å². The van der Waals surface area contributed by atoms with Crippen molar-refractivity contribution in [2.45, 2.75) is 25.6 Å². The highest BCUT2D eigenvalue weighted by molar-refractivity contribution is 9.10. The zero-order valence-electron chi connectivity index (χ0n) is 22.5. The van der Waals surface area contributed by atoms with Crippen LogP contribution in [0, 0.1) is 5.92 Å². The first kappa shape index (κ1) is 27.8. The Morgan fingerprint density at radius 1 is 0.902 bits per heavy atom. The molecule has 1 atom stereocenters. The molecular weight excluding hydrogens is 595 g/mol. The summed E-state index contributed by atoms with van der Waals surface area (Å²) < 4.78 is 43.8. The van der Waals surface area contributed by atoms with Crippen molar-refractivity contribution in [2.75, 3.05) is 44.2 Å². The number of para-hydroxylation sites is 3. The summed E-state index contributed by atoms with van der Waals surface area (Å²) in [5, 5.41) is 0. The summed E-state index contributed by atoms with van der Waals surface area (Å²) in [5.74, 6) is 0.890. The lowest BCUT2D eigenvalue weighted by atomic mass is 9.96. The van der Waals surface area contributed by atoms with Crippen LogP contribution in [-0.4, -0.2) is 64.5 Å². The highest BCUT2D eigenvalue weighted by Gasteiger charge is 2.36. The molecule has 214 valence electrons. The van der Waals surface area contributed by atoms with Gasteiger partial charge in [-0.1, -0.05) is 40.2 Å². The van der Waals surface area contributed by atoms with E-state index in [2.05, 4.69) is 43.6 Å². The van der Waals surface area contributed by atoms with Crippen molar-refractivity contribution in [2.24, 2.45) is 5.92 Å². The Hall–Kier alpha value is -3.37. The molecule has 3 aromatic carbocycles. The first-order valence-electron chi connectivity index (χ1n) is 13.9. The summed E-state index contributed by atoms with van der Waals surface area (Å²) in [5.41, 5.74) is 2.56. The molecule has 6 nitrogen and oxygen atoms in total. The number of nitrogens with zero attached hydrogens (tertiary/aromatic N) is 5. The predicted octanol–water partition coefficient (Wildman–Crippen LogP) is 6.37. The first-order valence-corrected chi connectivity index (χ1v) is 14.7. The minimum atomic E-state index is -4.41. The lowest BCUT2D eigenvalue weighted by molar-refractivity contribution is -0.139. The number of halogens is 4. The lowest BCUT2D eigenvalue weighted by Gasteiger charge is -2.40. The van der Waals surface area contributed by atoms with Gasteiger partial charge in [0, 0.05) is 48.6 Å². The summed E-state index contributed by atoms with van der Waals surface area (Å²) in [4.78, 5) is 24.4. The highest BCUT2D eigenvalue weighted by atomic mass is 79.9. The van der Waals surface area contributed by atoms with E-state index in [1.807, 2.05) is 35.2 Å². The van der Waals surface area contributed by atoms with Crippen LogP contribution in [0.4, 0.5) is 18.9 Å². The molecule has 0 spiro atoms. The molecule has 0 saturated carbocycles. The van der Waals surface area contributed by atoms with Crippen molar-refractivity contribution >= 4 is 38.6 Å². The number of hydrogen-bond donors (Lipinski definition) is 0. The second-order valence-corrected chi connectivity index (χ2v) is 11.6. The van der Waals surface area contributed by atoms with Gasteiger partial charge in [0.05, 0.1) is 29.1 Å². The number of carbonyl (C=O) groups is 1. The number of imidazole rings is 1. The average molecular weight is 627 g/mol. The van der Waals surface area contributed by atoms with Gasteiger partial charge >= 0.3 is 6.18 Å². The van der Waals surface area contributed by atoms with Crippen molar-refractivity contribution < 1.29 is 18.0 Å². The number of piperazine rings is 1. The number of anilines is 1. The molecule has 2 saturated heterocycles. The van der Waals surface area contributed by atoms with Gasteiger partial charge in [-0.3, -0.25) is 14.3 Å². The minimum Gasteiger partial charge on any atom is -0.367 e. The Morgan fingerprint density at radius 2 is 1.61 bits per heavy atom. The van der Waals surface area contributed by atoms with E-state index in [9.17, 15) is 18.0 Å². The molecule has 2 aliphatic rings. The third-order valence-electron chi connectivity index (χ3n) is 8.08. The summed E-state index contributed by atoms with van der Waals surface area (Å²) in [6.45, 7) is 3.74. The minimum absolute atomic E-state index is 0.0971. The number of aromatic nitrogens is 2. The fraction of sp³-hybridized carbons (Fsp3) is 0.355. The largest absolute Gasteiger partial charge is 0.418 e. The van der Waals surface area contributed by atoms with Gasteiger partial charge in [0.25, 0.3) is 0 Å². The summed E-state index contributed by atoms with van der Waals surface area (Å²) in [7, 11) is 0. The van der Waals surface area contributed by atoms with Gasteiger partial charge in [0.2, 0.25) is 5.91 Å². The molecule has 1 amide bonds. The molecule has 0 unspecified atom stereocenters. The molecule has 4 aromatic rings. The predicted molar refractivity (Wildman–Crippen MR) is 157 cm³/mol. The fourth-order valence-electron chi connectivity index (χ4n) is 6.08. The lowest BCUT2D eigenvalue weighted by Crippen LogP contribution is -2.52. The molecule has 0 bridgehead atoms. The van der Waals surface area contributed by atoms with Crippen molar-refractivity contribution in [3.05, 3.63) is 88.7 Å². The molecular formula is C31H31BrF3N5O. The molecule has 0 aliphatic carbocycles. The number of amides is 1. The Labute approximate surface area is 245 Å². The van der Waals surface area contributed by atoms with Crippen LogP contribution in [0.25, 0.3) is 16.7 Å². The summed E-state index contributed by atoms with van der Waals surface area (Å²) >= 11 is 3.52. The maximum Gasteiger partial charge on any atom is 0.418 e. The third kappa shape index (κ3) is 5.85. The number of likely N-dealkylation sites (tertiary alicyclic amines) is 1. The normalized spacial score (nSPS) is 18.7. The van der Waals surface area contributed by atoms with Crippen LogP contribution < -0.4 is 4.90 Å². The van der Waals surface area contributed by atoms with E-state index in [-0.39, 0.29) is 17.5 Å². The van der Waals surface area contributed by atoms with Crippen LogP contribution in [0.3, 0.4) is 0 Å². The van der Waals surface area contributed by atoms with E-state index in [0.717, 1.165) is 52.5 Å². The Kier molecular flexibility index (Phi) is 7.78. The molecule has 0 N–H and O–H groups in total. The van der Waals surface area contributed by atoms with E-state index in [0.29, 0.717) is 39.3 Å². The number of rotatable bonds is 5. The molecule has 1 aromatic heterocycles. The maximum absolute atomic E-state index is 13.6. The molecule has 3 heterocycles. The van der Waals surface area contributed by atoms with Gasteiger partial charge in [0.15, 0.2) is 0 Å². The van der Waals surface area contributed by atoms with E-state index in [4.69, 9.17) is 4.98 Å². The van der Waals surface area contributed by atoms with E-state index >= 15 is 0 Å². The van der Waals surface area contributed by atoms with Crippen molar-refractivity contribution in [3.63, 3.8) is 0 Å². The van der Waals surface area contributed by atoms with Crippen LogP contribution in [-0.2, 0) is 17.5 Å². The number of fused-ring (bicyclic) bond motifs is 1. The summed E-state index contributed by atoms with van der Waals surface area (Å²) in [6, 6.07) is 21.9. The fourth-order valence-corrected chi connectivity index (χ4v) is 6.34. The average Bonchev–Trinajstić information content (AvgIpc) is 3.34. The molecule has 41 heavy (non-hydrogen) atoms. The van der Waals surface area contributed by atoms with Gasteiger partial charge in [-0.15, -0.1) is 0 Å². The monoisotopic (exact) mass is 625 g/mol. The van der Waals surface area contributed by atoms with Crippen LogP contribution >= 0.6 is 15.9 Å². The zero-order valence-corrected chi connectivity index (χ0v) is 24.1. The quantitative estimate of drug-likeness (QED) is 0.259. The number of alkyl halides is 3. The topological polar surface area (TPSA) is 44.6 Å². The highest BCUT2D eigenvalue weighted by Crippen LogP contribution is 2.37. The van der Waals surface area contributed by atoms with Crippen LogP contribution in [0.2, 0.25) is 0 Å². The Balaban J connectivity index is 1.13. The SMILES string of the molecule is O=C([C@@H]1CCCN(Cc2nc3ccccc3n2-c2ccc(Br)cc2)C1)N1CCN(c2ccccc2C(F)(F)F)CC1. The number of hydrogen-bond acceptors (Lipinski definition) is 4. The number of carbonyl (C=O) groups excluding carboxylic acids is 1. The standard InChI is InChI=1S/C31H31BrF3N5O/c32-23-11-13-24(14-12-23)40-28-10-4-2-8-26(28)36-29(40)21-37-15-5-6-22(20-37)30(41)39-18-16-38(17-19-39)27-9-3-1-7-25(27)31(33,34)35/h1-4,7-14,22H,5-6,15-21H2/t22-/m1/s1. The molecule has 0 radical (unpaired) electrons. The number of piperidine rings is 1. The number of benzene rings is 3. The van der Waals surface area contributed by atoms with Gasteiger partial charge < -0.3 is 9.80 Å². The van der Waals surface area contributed by atoms with Crippen molar-refractivity contribution in [1.82, 2.24) is 19.4 Å². The van der Waals surface area contributed by atoms with Gasteiger partial charge in [-0.05, 0) is 67.9 Å². The van der Waals surface area contributed by atoms with Gasteiger partial charge in [0.1, 0.15) is 5.82 Å². The van der Waals surface area contributed by atoms with Crippen LogP contribution in [0.15, 0.2) is 77.3 Å². The van der Waals surface area contributed by atoms with Crippen molar-refractivity contribution in [1.29, 1.82) is 0 Å². The maximum atomic E-state index is 13.6. The first-order chi connectivity index (χ1) is 19.8. The van der Waals surface area contributed by atoms with Crippen molar-refractivity contribution in [3.8, 4) is 5.69 Å². The van der Waals surface area contributed by atoms with E-state index in [1.54, 1.807) is 11.0 Å². The molecule has 2 aliphatic heterocycles. The second kappa shape index (κ2) is 11.5. The molecule has 6 rings (SSSR count). The zero-order chi connectivity index (χ0) is 28.6. The van der Waals surface area contributed by atoms with E-state index < -0.39 is 11.7 Å². The Morgan fingerprint density at radius 3 is 2.37 bits per heavy atom.